The van der Waals surface area contributed by atoms with Crippen LogP contribution in [-0.4, -0.2) is 19.3 Å². The zero-order valence-corrected chi connectivity index (χ0v) is 12.5. The zero-order valence-electron chi connectivity index (χ0n) is 11.7. The van der Waals surface area contributed by atoms with E-state index in [-0.39, 0.29) is 5.97 Å². The quantitative estimate of drug-likeness (QED) is 0.485. The smallest absolute Gasteiger partial charge is 0.343 e. The first kappa shape index (κ1) is 14.5. The van der Waals surface area contributed by atoms with Crippen LogP contribution in [0.25, 0.3) is 0 Å². The first-order valence-corrected chi connectivity index (χ1v) is 7.38. The van der Waals surface area contributed by atoms with Crippen LogP contribution >= 0.6 is 11.8 Å². The van der Waals surface area contributed by atoms with Crippen molar-refractivity contribution >= 4 is 17.7 Å². The summed E-state index contributed by atoms with van der Waals surface area (Å²) in [6, 6.07) is 12.9. The van der Waals surface area contributed by atoms with Crippen LogP contribution in [-0.2, 0) is 0 Å². The summed E-state index contributed by atoms with van der Waals surface area (Å²) in [4.78, 5) is 13.3. The maximum Gasteiger partial charge on any atom is 0.343 e. The molecule has 2 aromatic carbocycles. The highest BCUT2D eigenvalue weighted by atomic mass is 32.2. The standard InChI is InChI=1S/C16H16O3S/c1-11-8-9-12(20-3)10-13(11)16(17)19-15-7-5-4-6-14(15)18-2/h4-10H,1-3H3. The van der Waals surface area contributed by atoms with E-state index in [2.05, 4.69) is 0 Å². The van der Waals surface area contributed by atoms with E-state index in [0.29, 0.717) is 17.1 Å². The Morgan fingerprint density at radius 2 is 1.80 bits per heavy atom. The van der Waals surface area contributed by atoms with Gasteiger partial charge in [0.15, 0.2) is 11.5 Å². The van der Waals surface area contributed by atoms with Gasteiger partial charge in [-0.25, -0.2) is 4.79 Å². The van der Waals surface area contributed by atoms with Crippen molar-refractivity contribution in [2.75, 3.05) is 13.4 Å². The van der Waals surface area contributed by atoms with Crippen molar-refractivity contribution in [2.24, 2.45) is 0 Å². The van der Waals surface area contributed by atoms with Gasteiger partial charge in [0.05, 0.1) is 12.7 Å². The minimum atomic E-state index is -0.372. The monoisotopic (exact) mass is 288 g/mol. The van der Waals surface area contributed by atoms with E-state index in [1.54, 1.807) is 37.1 Å². The fraction of sp³-hybridized carbons (Fsp3) is 0.188. The van der Waals surface area contributed by atoms with E-state index < -0.39 is 0 Å². The summed E-state index contributed by atoms with van der Waals surface area (Å²) in [5, 5.41) is 0. The Kier molecular flexibility index (Phi) is 4.69. The topological polar surface area (TPSA) is 35.5 Å². The van der Waals surface area contributed by atoms with E-state index in [0.717, 1.165) is 10.5 Å². The number of ether oxygens (including phenoxy) is 2. The van der Waals surface area contributed by atoms with Crippen LogP contribution in [0.1, 0.15) is 15.9 Å². The van der Waals surface area contributed by atoms with Gasteiger partial charge in [-0.15, -0.1) is 11.8 Å². The van der Waals surface area contributed by atoms with E-state index in [1.807, 2.05) is 37.4 Å². The lowest BCUT2D eigenvalue weighted by Gasteiger charge is -2.10. The second-order valence-corrected chi connectivity index (χ2v) is 5.10. The molecule has 0 fully saturated rings. The summed E-state index contributed by atoms with van der Waals surface area (Å²) in [6.07, 6.45) is 1.97. The van der Waals surface area contributed by atoms with Gasteiger partial charge in [0.2, 0.25) is 0 Å². The Labute approximate surface area is 122 Å². The van der Waals surface area contributed by atoms with Crippen LogP contribution in [0.3, 0.4) is 0 Å². The van der Waals surface area contributed by atoms with Crippen molar-refractivity contribution in [1.82, 2.24) is 0 Å². The zero-order chi connectivity index (χ0) is 14.5. The first-order valence-electron chi connectivity index (χ1n) is 6.15. The predicted octanol–water partition coefficient (Wildman–Crippen LogP) is 3.94. The van der Waals surface area contributed by atoms with Crippen molar-refractivity contribution in [1.29, 1.82) is 0 Å². The highest BCUT2D eigenvalue weighted by Gasteiger charge is 2.14. The second-order valence-electron chi connectivity index (χ2n) is 4.22. The number of esters is 1. The minimum Gasteiger partial charge on any atom is -0.493 e. The number of hydrogen-bond donors (Lipinski definition) is 0. The molecule has 0 amide bonds. The molecule has 0 aliphatic heterocycles. The first-order chi connectivity index (χ1) is 9.65. The average Bonchev–Trinajstić information content (AvgIpc) is 2.48. The summed E-state index contributed by atoms with van der Waals surface area (Å²) >= 11 is 1.59. The predicted molar refractivity (Wildman–Crippen MR) is 80.9 cm³/mol. The summed E-state index contributed by atoms with van der Waals surface area (Å²) in [5.41, 5.74) is 1.46. The van der Waals surface area contributed by atoms with E-state index in [9.17, 15) is 4.79 Å². The molecule has 0 aromatic heterocycles. The van der Waals surface area contributed by atoms with Gasteiger partial charge in [0.1, 0.15) is 0 Å². The number of rotatable bonds is 4. The number of benzene rings is 2. The highest BCUT2D eigenvalue weighted by Crippen LogP contribution is 2.27. The Morgan fingerprint density at radius 1 is 1.10 bits per heavy atom. The van der Waals surface area contributed by atoms with Gasteiger partial charge in [0.25, 0.3) is 0 Å². The summed E-state index contributed by atoms with van der Waals surface area (Å²) in [7, 11) is 1.55. The molecule has 0 aliphatic rings. The van der Waals surface area contributed by atoms with E-state index in [1.165, 1.54) is 0 Å². The van der Waals surface area contributed by atoms with Crippen molar-refractivity contribution in [3.63, 3.8) is 0 Å². The molecule has 0 aliphatic carbocycles. The molecular formula is C16H16O3S. The maximum atomic E-state index is 12.3. The molecule has 0 atom stereocenters. The third-order valence-electron chi connectivity index (χ3n) is 2.94. The van der Waals surface area contributed by atoms with Crippen molar-refractivity contribution in [3.8, 4) is 11.5 Å². The van der Waals surface area contributed by atoms with Crippen LogP contribution < -0.4 is 9.47 Å². The normalized spacial score (nSPS) is 10.2. The Bertz CT molecular complexity index is 623. The van der Waals surface area contributed by atoms with Gasteiger partial charge in [-0.2, -0.15) is 0 Å². The number of methoxy groups -OCH3 is 1. The fourth-order valence-electron chi connectivity index (χ4n) is 1.81. The molecule has 0 saturated carbocycles. The molecular weight excluding hydrogens is 272 g/mol. The molecule has 3 nitrogen and oxygen atoms in total. The van der Waals surface area contributed by atoms with Crippen LogP contribution in [0.15, 0.2) is 47.4 Å². The largest absolute Gasteiger partial charge is 0.493 e. The molecule has 0 radical (unpaired) electrons. The summed E-state index contributed by atoms with van der Waals surface area (Å²) in [6.45, 7) is 1.89. The molecule has 0 unspecified atom stereocenters. The number of carbonyl (C=O) groups is 1. The van der Waals surface area contributed by atoms with Crippen LogP contribution in [0, 0.1) is 6.92 Å². The lowest BCUT2D eigenvalue weighted by Crippen LogP contribution is -2.11. The Morgan fingerprint density at radius 3 is 2.45 bits per heavy atom. The SMILES string of the molecule is COc1ccccc1OC(=O)c1cc(SC)ccc1C. The van der Waals surface area contributed by atoms with Gasteiger partial charge >= 0.3 is 5.97 Å². The van der Waals surface area contributed by atoms with Crippen LogP contribution in [0.2, 0.25) is 0 Å². The molecule has 2 aromatic rings. The molecule has 104 valence electrons. The summed E-state index contributed by atoms with van der Waals surface area (Å²) in [5.74, 6) is 0.594. The van der Waals surface area contributed by atoms with Gasteiger partial charge in [-0.1, -0.05) is 18.2 Å². The third-order valence-corrected chi connectivity index (χ3v) is 3.66. The molecule has 0 heterocycles. The lowest BCUT2D eigenvalue weighted by molar-refractivity contribution is 0.0728. The fourth-order valence-corrected chi connectivity index (χ4v) is 2.25. The molecule has 0 saturated heterocycles. The van der Waals surface area contributed by atoms with Gasteiger partial charge in [-0.05, 0) is 43.0 Å². The minimum absolute atomic E-state index is 0.372. The molecule has 0 N–H and O–H groups in total. The van der Waals surface area contributed by atoms with Crippen LogP contribution in [0.4, 0.5) is 0 Å². The second kappa shape index (κ2) is 6.48. The molecule has 20 heavy (non-hydrogen) atoms. The third kappa shape index (κ3) is 3.14. The highest BCUT2D eigenvalue weighted by molar-refractivity contribution is 7.98. The average molecular weight is 288 g/mol. The number of aryl methyl sites for hydroxylation is 1. The molecule has 2 rings (SSSR count). The number of para-hydroxylation sites is 2. The Balaban J connectivity index is 2.28. The van der Waals surface area contributed by atoms with E-state index >= 15 is 0 Å². The molecule has 4 heteroatoms. The maximum absolute atomic E-state index is 12.3. The van der Waals surface area contributed by atoms with Gasteiger partial charge < -0.3 is 9.47 Å². The number of thioether (sulfide) groups is 1. The summed E-state index contributed by atoms with van der Waals surface area (Å²) < 4.78 is 10.6. The lowest BCUT2D eigenvalue weighted by atomic mass is 10.1. The molecule has 0 bridgehead atoms. The van der Waals surface area contributed by atoms with Gasteiger partial charge in [-0.3, -0.25) is 0 Å². The number of hydrogen-bond acceptors (Lipinski definition) is 4. The number of carbonyl (C=O) groups excluding carboxylic acids is 1. The van der Waals surface area contributed by atoms with E-state index in [4.69, 9.17) is 9.47 Å². The Hall–Kier alpha value is -1.94. The van der Waals surface area contributed by atoms with Crippen molar-refractivity contribution in [3.05, 3.63) is 53.6 Å². The van der Waals surface area contributed by atoms with Crippen molar-refractivity contribution < 1.29 is 14.3 Å². The van der Waals surface area contributed by atoms with Crippen molar-refractivity contribution in [2.45, 2.75) is 11.8 Å². The van der Waals surface area contributed by atoms with Crippen LogP contribution in [0.5, 0.6) is 11.5 Å². The molecule has 0 spiro atoms. The van der Waals surface area contributed by atoms with Gasteiger partial charge in [0, 0.05) is 4.90 Å².